The molecule has 0 saturated heterocycles. The predicted molar refractivity (Wildman–Crippen MR) is 127 cm³/mol. The van der Waals surface area contributed by atoms with Crippen LogP contribution >= 0.6 is 0 Å². The van der Waals surface area contributed by atoms with Gasteiger partial charge in [0.2, 0.25) is 0 Å². The van der Waals surface area contributed by atoms with E-state index >= 15 is 0 Å². The molecule has 34 heavy (non-hydrogen) atoms. The highest BCUT2D eigenvalue weighted by Crippen LogP contribution is 2.28. The van der Waals surface area contributed by atoms with E-state index in [9.17, 15) is 19.2 Å². The molecule has 0 bridgehead atoms. The van der Waals surface area contributed by atoms with E-state index in [1.54, 1.807) is 20.8 Å². The van der Waals surface area contributed by atoms with Crippen LogP contribution in [0.1, 0.15) is 61.3 Å². The molecule has 1 atom stereocenters. The SMILES string of the molecule is C=C(C)C(=O)OCCOC(=O)NCC(C)CC(C)(C)CCNC(=O)OCCOC(=O)C(C)(C)C. The molecule has 0 aliphatic carbocycles. The molecule has 0 fully saturated rings. The lowest BCUT2D eigenvalue weighted by Gasteiger charge is -2.28. The summed E-state index contributed by atoms with van der Waals surface area (Å²) in [6, 6.07) is 0. The highest BCUT2D eigenvalue weighted by Gasteiger charge is 2.23. The highest BCUT2D eigenvalue weighted by atomic mass is 16.6. The third kappa shape index (κ3) is 15.9. The molecule has 0 rings (SSSR count). The van der Waals surface area contributed by atoms with Gasteiger partial charge in [-0.25, -0.2) is 14.4 Å². The van der Waals surface area contributed by atoms with Crippen molar-refractivity contribution in [2.75, 3.05) is 39.5 Å². The average molecular weight is 487 g/mol. The van der Waals surface area contributed by atoms with Crippen LogP contribution in [0.3, 0.4) is 0 Å². The van der Waals surface area contributed by atoms with E-state index in [0.717, 1.165) is 6.42 Å². The Morgan fingerprint density at radius 1 is 0.824 bits per heavy atom. The van der Waals surface area contributed by atoms with Gasteiger partial charge in [-0.15, -0.1) is 0 Å². The van der Waals surface area contributed by atoms with Gasteiger partial charge in [0, 0.05) is 18.7 Å². The molecule has 2 N–H and O–H groups in total. The van der Waals surface area contributed by atoms with Gasteiger partial charge < -0.3 is 29.6 Å². The predicted octanol–water partition coefficient (Wildman–Crippen LogP) is 3.59. The summed E-state index contributed by atoms with van der Waals surface area (Å²) in [6.45, 7) is 17.2. The van der Waals surface area contributed by atoms with Crippen molar-refractivity contribution in [1.82, 2.24) is 10.6 Å². The van der Waals surface area contributed by atoms with Gasteiger partial charge in [0.25, 0.3) is 0 Å². The Labute approximate surface area is 203 Å². The van der Waals surface area contributed by atoms with E-state index in [2.05, 4.69) is 31.1 Å². The van der Waals surface area contributed by atoms with Crippen LogP contribution in [0.2, 0.25) is 0 Å². The number of hydrogen-bond acceptors (Lipinski definition) is 8. The molecule has 2 amide bonds. The maximum absolute atomic E-state index is 11.8. The zero-order valence-corrected chi connectivity index (χ0v) is 21.7. The van der Waals surface area contributed by atoms with Gasteiger partial charge in [0.05, 0.1) is 5.41 Å². The normalized spacial score (nSPS) is 12.2. The minimum Gasteiger partial charge on any atom is -0.462 e. The maximum Gasteiger partial charge on any atom is 0.407 e. The highest BCUT2D eigenvalue weighted by molar-refractivity contribution is 5.86. The van der Waals surface area contributed by atoms with Gasteiger partial charge in [-0.3, -0.25) is 4.79 Å². The lowest BCUT2D eigenvalue weighted by atomic mass is 9.80. The number of ether oxygens (including phenoxy) is 4. The van der Waals surface area contributed by atoms with Crippen molar-refractivity contribution in [1.29, 1.82) is 0 Å². The van der Waals surface area contributed by atoms with Gasteiger partial charge >= 0.3 is 24.1 Å². The Hall–Kier alpha value is -2.78. The molecule has 0 radical (unpaired) electrons. The van der Waals surface area contributed by atoms with E-state index in [-0.39, 0.29) is 49.3 Å². The summed E-state index contributed by atoms with van der Waals surface area (Å²) < 4.78 is 19.9. The van der Waals surface area contributed by atoms with E-state index in [0.29, 0.717) is 19.5 Å². The second-order valence-electron chi connectivity index (χ2n) is 10.1. The van der Waals surface area contributed by atoms with Gasteiger partial charge in [-0.2, -0.15) is 0 Å². The van der Waals surface area contributed by atoms with Crippen molar-refractivity contribution in [2.24, 2.45) is 16.7 Å². The molecule has 0 aliphatic heterocycles. The summed E-state index contributed by atoms with van der Waals surface area (Å²) in [5.41, 5.74) is -0.397. The fraction of sp³-hybridized carbons (Fsp3) is 0.750. The Morgan fingerprint density at radius 2 is 1.32 bits per heavy atom. The molecule has 0 aromatic rings. The summed E-state index contributed by atoms with van der Waals surface area (Å²) in [4.78, 5) is 46.4. The van der Waals surface area contributed by atoms with Crippen molar-refractivity contribution in [3.63, 3.8) is 0 Å². The fourth-order valence-corrected chi connectivity index (χ4v) is 2.86. The zero-order valence-electron chi connectivity index (χ0n) is 21.7. The van der Waals surface area contributed by atoms with Crippen molar-refractivity contribution >= 4 is 24.1 Å². The molecule has 0 heterocycles. The third-order valence-corrected chi connectivity index (χ3v) is 4.63. The molecule has 0 saturated carbocycles. The first-order chi connectivity index (χ1) is 15.6. The first kappa shape index (κ1) is 31.2. The number of rotatable bonds is 14. The first-order valence-electron chi connectivity index (χ1n) is 11.4. The fourth-order valence-electron chi connectivity index (χ4n) is 2.86. The number of carbonyl (C=O) groups is 4. The van der Waals surface area contributed by atoms with Crippen LogP contribution in [0, 0.1) is 16.7 Å². The Morgan fingerprint density at radius 3 is 1.85 bits per heavy atom. The molecular formula is C24H42N2O8. The molecule has 196 valence electrons. The van der Waals surface area contributed by atoms with E-state index in [1.807, 2.05) is 6.92 Å². The summed E-state index contributed by atoms with van der Waals surface area (Å²) in [5, 5.41) is 5.38. The van der Waals surface area contributed by atoms with Crippen LogP contribution in [0.15, 0.2) is 12.2 Å². The van der Waals surface area contributed by atoms with Crippen molar-refractivity contribution in [3.05, 3.63) is 12.2 Å². The van der Waals surface area contributed by atoms with E-state index < -0.39 is 23.6 Å². The molecule has 0 aromatic carbocycles. The molecule has 1 unspecified atom stereocenters. The van der Waals surface area contributed by atoms with Crippen LogP contribution in [-0.2, 0) is 28.5 Å². The zero-order chi connectivity index (χ0) is 26.4. The number of nitrogens with one attached hydrogen (secondary N) is 2. The molecule has 0 spiro atoms. The van der Waals surface area contributed by atoms with E-state index in [4.69, 9.17) is 18.9 Å². The van der Waals surface area contributed by atoms with Crippen LogP contribution < -0.4 is 10.6 Å². The number of hydrogen-bond donors (Lipinski definition) is 2. The lowest BCUT2D eigenvalue weighted by Crippen LogP contribution is -2.33. The molecule has 0 aromatic heterocycles. The number of carbonyl (C=O) groups excluding carboxylic acids is 4. The largest absolute Gasteiger partial charge is 0.462 e. The average Bonchev–Trinajstić information content (AvgIpc) is 2.71. The molecular weight excluding hydrogens is 444 g/mol. The quantitative estimate of drug-likeness (QED) is 0.165. The lowest BCUT2D eigenvalue weighted by molar-refractivity contribution is -0.153. The van der Waals surface area contributed by atoms with Gasteiger partial charge in [-0.1, -0.05) is 27.4 Å². The first-order valence-corrected chi connectivity index (χ1v) is 11.4. The number of esters is 2. The summed E-state index contributed by atoms with van der Waals surface area (Å²) in [5.74, 6) is -0.698. The molecule has 10 nitrogen and oxygen atoms in total. The topological polar surface area (TPSA) is 129 Å². The van der Waals surface area contributed by atoms with Crippen LogP contribution in [0.25, 0.3) is 0 Å². The number of amides is 2. The molecule has 10 heteroatoms. The summed E-state index contributed by atoms with van der Waals surface area (Å²) in [6.07, 6.45) is 0.384. The van der Waals surface area contributed by atoms with Gasteiger partial charge in [0.15, 0.2) is 0 Å². The monoisotopic (exact) mass is 486 g/mol. The second-order valence-corrected chi connectivity index (χ2v) is 10.1. The molecule has 0 aliphatic rings. The van der Waals surface area contributed by atoms with Crippen molar-refractivity contribution < 1.29 is 38.1 Å². The van der Waals surface area contributed by atoms with Crippen LogP contribution in [0.4, 0.5) is 9.59 Å². The smallest absolute Gasteiger partial charge is 0.407 e. The van der Waals surface area contributed by atoms with Crippen molar-refractivity contribution in [2.45, 2.75) is 61.3 Å². The van der Waals surface area contributed by atoms with Crippen molar-refractivity contribution in [3.8, 4) is 0 Å². The minimum atomic E-state index is -0.595. The van der Waals surface area contributed by atoms with Crippen LogP contribution in [-0.4, -0.2) is 63.6 Å². The second kappa shape index (κ2) is 15.2. The Balaban J connectivity index is 3.99. The third-order valence-electron chi connectivity index (χ3n) is 4.63. The van der Waals surface area contributed by atoms with E-state index in [1.165, 1.54) is 6.92 Å². The Kier molecular flexibility index (Phi) is 13.9. The van der Waals surface area contributed by atoms with Gasteiger partial charge in [-0.05, 0) is 51.9 Å². The minimum absolute atomic E-state index is 0.00776. The van der Waals surface area contributed by atoms with Crippen LogP contribution in [0.5, 0.6) is 0 Å². The Bertz CT molecular complexity index is 698. The summed E-state index contributed by atoms with van der Waals surface area (Å²) in [7, 11) is 0. The maximum atomic E-state index is 11.8. The number of alkyl carbamates (subject to hydrolysis) is 2. The standard InChI is InChI=1S/C24H42N2O8/c1-17(2)19(27)31-11-13-34-22(30)26-16-18(3)15-24(7,8)9-10-25-21(29)33-14-12-32-20(28)23(4,5)6/h18H,1,9-16H2,2-8H3,(H,25,29)(H,26,30). The summed E-state index contributed by atoms with van der Waals surface area (Å²) >= 11 is 0. The van der Waals surface area contributed by atoms with Gasteiger partial charge in [0.1, 0.15) is 26.4 Å².